The lowest BCUT2D eigenvalue weighted by Gasteiger charge is -2.18. The van der Waals surface area contributed by atoms with Crippen LogP contribution in [0.2, 0.25) is 0 Å². The molecule has 2 atom stereocenters. The van der Waals surface area contributed by atoms with Crippen LogP contribution in [0.3, 0.4) is 0 Å². The van der Waals surface area contributed by atoms with Gasteiger partial charge in [0.05, 0.1) is 0 Å². The molecule has 0 bridgehead atoms. The van der Waals surface area contributed by atoms with E-state index < -0.39 is 0 Å². The lowest BCUT2D eigenvalue weighted by atomic mass is 10.0. The van der Waals surface area contributed by atoms with Gasteiger partial charge in [-0.05, 0) is 30.4 Å². The van der Waals surface area contributed by atoms with Crippen LogP contribution in [-0.2, 0) is 0 Å². The van der Waals surface area contributed by atoms with Crippen molar-refractivity contribution in [2.24, 2.45) is 17.6 Å². The van der Waals surface area contributed by atoms with Gasteiger partial charge in [0.25, 0.3) is 0 Å². The molecule has 2 unspecified atom stereocenters. The van der Waals surface area contributed by atoms with Crippen molar-refractivity contribution in [3.63, 3.8) is 0 Å². The predicted molar refractivity (Wildman–Crippen MR) is 63.5 cm³/mol. The SMILES string of the molecule is CC(CO)CSCC(N)C1CCCC1. The predicted octanol–water partition coefficient (Wildman–Crippen LogP) is 1.87. The van der Waals surface area contributed by atoms with Crippen LogP contribution in [0, 0.1) is 11.8 Å². The van der Waals surface area contributed by atoms with E-state index in [0.717, 1.165) is 17.4 Å². The van der Waals surface area contributed by atoms with Gasteiger partial charge in [0.1, 0.15) is 0 Å². The van der Waals surface area contributed by atoms with Crippen LogP contribution >= 0.6 is 11.8 Å². The highest BCUT2D eigenvalue weighted by Gasteiger charge is 2.21. The fourth-order valence-electron chi connectivity index (χ4n) is 1.98. The summed E-state index contributed by atoms with van der Waals surface area (Å²) in [7, 11) is 0. The van der Waals surface area contributed by atoms with E-state index in [1.54, 1.807) is 0 Å². The van der Waals surface area contributed by atoms with E-state index in [2.05, 4.69) is 6.92 Å². The Morgan fingerprint density at radius 1 is 1.36 bits per heavy atom. The topological polar surface area (TPSA) is 46.2 Å². The Balaban J connectivity index is 2.05. The van der Waals surface area contributed by atoms with Crippen molar-refractivity contribution in [1.82, 2.24) is 0 Å². The van der Waals surface area contributed by atoms with Crippen molar-refractivity contribution in [2.45, 2.75) is 38.6 Å². The number of nitrogens with two attached hydrogens (primary N) is 1. The normalized spacial score (nSPS) is 22.5. The van der Waals surface area contributed by atoms with Crippen molar-refractivity contribution in [1.29, 1.82) is 0 Å². The molecule has 84 valence electrons. The Hall–Kier alpha value is 0.270. The highest BCUT2D eigenvalue weighted by molar-refractivity contribution is 7.99. The molecule has 2 nitrogen and oxygen atoms in total. The minimum absolute atomic E-state index is 0.297. The zero-order valence-corrected chi connectivity index (χ0v) is 9.93. The maximum Gasteiger partial charge on any atom is 0.0464 e. The Labute approximate surface area is 91.6 Å². The van der Waals surface area contributed by atoms with E-state index in [1.165, 1.54) is 25.7 Å². The molecule has 0 aromatic carbocycles. The maximum atomic E-state index is 8.87. The quantitative estimate of drug-likeness (QED) is 0.714. The van der Waals surface area contributed by atoms with Crippen LogP contribution in [0.25, 0.3) is 0 Å². The lowest BCUT2D eigenvalue weighted by molar-refractivity contribution is 0.250. The fourth-order valence-corrected chi connectivity index (χ4v) is 3.17. The number of rotatable bonds is 6. The molecule has 1 aliphatic rings. The third kappa shape index (κ3) is 4.20. The number of aliphatic hydroxyl groups excluding tert-OH is 1. The fraction of sp³-hybridized carbons (Fsp3) is 1.00. The number of aliphatic hydroxyl groups is 1. The summed E-state index contributed by atoms with van der Waals surface area (Å²) >= 11 is 1.90. The molecule has 3 heteroatoms. The second-order valence-electron chi connectivity index (χ2n) is 4.53. The summed E-state index contributed by atoms with van der Waals surface area (Å²) in [6.45, 7) is 2.37. The summed E-state index contributed by atoms with van der Waals surface area (Å²) in [6, 6.07) is 0.383. The van der Waals surface area contributed by atoms with Gasteiger partial charge in [0.2, 0.25) is 0 Å². The molecule has 1 fully saturated rings. The molecule has 14 heavy (non-hydrogen) atoms. The molecule has 3 N–H and O–H groups in total. The van der Waals surface area contributed by atoms with Gasteiger partial charge >= 0.3 is 0 Å². The van der Waals surface area contributed by atoms with Crippen LogP contribution in [-0.4, -0.2) is 29.3 Å². The van der Waals surface area contributed by atoms with Crippen molar-refractivity contribution in [2.75, 3.05) is 18.1 Å². The largest absolute Gasteiger partial charge is 0.396 e. The van der Waals surface area contributed by atoms with Crippen LogP contribution in [0.5, 0.6) is 0 Å². The first-order valence-electron chi connectivity index (χ1n) is 5.68. The van der Waals surface area contributed by atoms with Gasteiger partial charge in [-0.3, -0.25) is 0 Å². The second kappa shape index (κ2) is 6.70. The standard InChI is InChI=1S/C11H23NOS/c1-9(6-13)7-14-8-11(12)10-4-2-3-5-10/h9-11,13H,2-8,12H2,1H3. The first-order chi connectivity index (χ1) is 6.74. The molecule has 0 saturated heterocycles. The van der Waals surface area contributed by atoms with E-state index in [1.807, 2.05) is 11.8 Å². The average Bonchev–Trinajstić information content (AvgIpc) is 2.70. The van der Waals surface area contributed by atoms with Gasteiger partial charge in [-0.1, -0.05) is 19.8 Å². The molecule has 0 heterocycles. The second-order valence-corrected chi connectivity index (χ2v) is 5.61. The first-order valence-corrected chi connectivity index (χ1v) is 6.83. The number of hydrogen-bond donors (Lipinski definition) is 2. The molecular weight excluding hydrogens is 194 g/mol. The molecule has 0 radical (unpaired) electrons. The minimum Gasteiger partial charge on any atom is -0.396 e. The maximum absolute atomic E-state index is 8.87. The summed E-state index contributed by atoms with van der Waals surface area (Å²) in [6.07, 6.45) is 5.40. The van der Waals surface area contributed by atoms with E-state index in [4.69, 9.17) is 10.8 Å². The Bertz CT molecular complexity index is 148. The van der Waals surface area contributed by atoms with Crippen LogP contribution in [0.4, 0.5) is 0 Å². The Morgan fingerprint density at radius 3 is 2.57 bits per heavy atom. The van der Waals surface area contributed by atoms with Crippen LogP contribution in [0.1, 0.15) is 32.6 Å². The van der Waals surface area contributed by atoms with Gasteiger partial charge in [0.15, 0.2) is 0 Å². The molecule has 1 aliphatic carbocycles. The van der Waals surface area contributed by atoms with Crippen molar-refractivity contribution < 1.29 is 5.11 Å². The van der Waals surface area contributed by atoms with Crippen molar-refractivity contribution in [3.05, 3.63) is 0 Å². The van der Waals surface area contributed by atoms with Crippen LogP contribution in [0.15, 0.2) is 0 Å². The molecule has 0 aromatic heterocycles. The molecule has 0 aliphatic heterocycles. The number of hydrogen-bond acceptors (Lipinski definition) is 3. The van der Waals surface area contributed by atoms with Gasteiger partial charge < -0.3 is 10.8 Å². The van der Waals surface area contributed by atoms with Crippen molar-refractivity contribution in [3.8, 4) is 0 Å². The minimum atomic E-state index is 0.297. The smallest absolute Gasteiger partial charge is 0.0464 e. The Kier molecular flexibility index (Phi) is 5.90. The van der Waals surface area contributed by atoms with E-state index in [-0.39, 0.29) is 0 Å². The molecule has 1 saturated carbocycles. The molecule has 0 amide bonds. The molecule has 1 rings (SSSR count). The highest BCUT2D eigenvalue weighted by Crippen LogP contribution is 2.28. The molecule has 0 spiro atoms. The molecular formula is C11H23NOS. The zero-order valence-electron chi connectivity index (χ0n) is 9.11. The lowest BCUT2D eigenvalue weighted by Crippen LogP contribution is -2.31. The van der Waals surface area contributed by atoms with E-state index in [9.17, 15) is 0 Å². The zero-order chi connectivity index (χ0) is 10.4. The highest BCUT2D eigenvalue weighted by atomic mass is 32.2. The van der Waals surface area contributed by atoms with E-state index in [0.29, 0.717) is 18.6 Å². The third-order valence-corrected chi connectivity index (χ3v) is 4.46. The number of thioether (sulfide) groups is 1. The van der Waals surface area contributed by atoms with E-state index >= 15 is 0 Å². The monoisotopic (exact) mass is 217 g/mol. The summed E-state index contributed by atoms with van der Waals surface area (Å²) in [4.78, 5) is 0. The van der Waals surface area contributed by atoms with Gasteiger partial charge in [-0.15, -0.1) is 0 Å². The van der Waals surface area contributed by atoms with Crippen LogP contribution < -0.4 is 5.73 Å². The third-order valence-electron chi connectivity index (χ3n) is 3.03. The summed E-state index contributed by atoms with van der Waals surface area (Å²) < 4.78 is 0. The van der Waals surface area contributed by atoms with Gasteiger partial charge in [-0.25, -0.2) is 0 Å². The summed E-state index contributed by atoms with van der Waals surface area (Å²) in [5.74, 6) is 3.29. The van der Waals surface area contributed by atoms with Crippen molar-refractivity contribution >= 4 is 11.8 Å². The first kappa shape index (κ1) is 12.3. The summed E-state index contributed by atoms with van der Waals surface area (Å²) in [5, 5.41) is 8.87. The average molecular weight is 217 g/mol. The van der Waals surface area contributed by atoms with Gasteiger partial charge in [-0.2, -0.15) is 11.8 Å². The van der Waals surface area contributed by atoms with Gasteiger partial charge in [0, 0.05) is 18.4 Å². The molecule has 0 aromatic rings. The summed E-state index contributed by atoms with van der Waals surface area (Å²) in [5.41, 5.74) is 6.12. The Morgan fingerprint density at radius 2 is 2.00 bits per heavy atom.